The molecule has 0 spiro atoms. The van der Waals surface area contributed by atoms with Crippen LogP contribution in [-0.2, 0) is 4.79 Å². The van der Waals surface area contributed by atoms with Gasteiger partial charge in [0.2, 0.25) is 0 Å². The van der Waals surface area contributed by atoms with E-state index in [2.05, 4.69) is 17.1 Å². The van der Waals surface area contributed by atoms with Gasteiger partial charge in [0.25, 0.3) is 5.91 Å². The van der Waals surface area contributed by atoms with E-state index in [4.69, 9.17) is 0 Å². The van der Waals surface area contributed by atoms with Crippen molar-refractivity contribution in [1.29, 1.82) is 0 Å². The van der Waals surface area contributed by atoms with Crippen LogP contribution in [-0.4, -0.2) is 16.8 Å². The molecule has 4 heteroatoms. The molecule has 0 saturated heterocycles. The third kappa shape index (κ3) is 3.70. The summed E-state index contributed by atoms with van der Waals surface area (Å²) in [7, 11) is 0. The highest BCUT2D eigenvalue weighted by Crippen LogP contribution is 2.33. The quantitative estimate of drug-likeness (QED) is 0.422. The van der Waals surface area contributed by atoms with E-state index in [1.807, 2.05) is 72.8 Å². The number of aromatic hydroxyl groups is 1. The predicted octanol–water partition coefficient (Wildman–Crippen LogP) is 5.89. The SMILES string of the molecule is O=C1/C(=C/c2ccc(-c3ccccc3)cc2)N=C(c2ccccc2)N1c1ccccc1O. The number of carbonyl (C=O) groups is 1. The van der Waals surface area contributed by atoms with Crippen molar-refractivity contribution in [3.05, 3.63) is 126 Å². The Labute approximate surface area is 186 Å². The van der Waals surface area contributed by atoms with Crippen molar-refractivity contribution >= 4 is 23.5 Å². The van der Waals surface area contributed by atoms with Crippen LogP contribution >= 0.6 is 0 Å². The van der Waals surface area contributed by atoms with Gasteiger partial charge >= 0.3 is 0 Å². The first kappa shape index (κ1) is 19.5. The summed E-state index contributed by atoms with van der Waals surface area (Å²) in [5.74, 6) is 0.236. The summed E-state index contributed by atoms with van der Waals surface area (Å²) in [4.78, 5) is 19.5. The van der Waals surface area contributed by atoms with E-state index in [1.165, 1.54) is 4.90 Å². The molecular formula is C28H20N2O2. The molecule has 0 aliphatic carbocycles. The normalized spacial score (nSPS) is 14.6. The average Bonchev–Trinajstić information content (AvgIpc) is 3.17. The van der Waals surface area contributed by atoms with Crippen molar-refractivity contribution in [1.82, 2.24) is 0 Å². The second kappa shape index (κ2) is 8.36. The Balaban J connectivity index is 1.54. The molecule has 5 rings (SSSR count). The monoisotopic (exact) mass is 416 g/mol. The van der Waals surface area contributed by atoms with E-state index in [0.717, 1.165) is 22.3 Å². The summed E-state index contributed by atoms with van der Waals surface area (Å²) >= 11 is 0. The number of phenolic OH excluding ortho intramolecular Hbond substituents is 1. The van der Waals surface area contributed by atoms with E-state index in [0.29, 0.717) is 17.2 Å². The zero-order chi connectivity index (χ0) is 21.9. The first-order chi connectivity index (χ1) is 15.7. The number of amidine groups is 1. The van der Waals surface area contributed by atoms with Crippen molar-refractivity contribution in [2.45, 2.75) is 0 Å². The second-order valence-corrected chi connectivity index (χ2v) is 7.45. The second-order valence-electron chi connectivity index (χ2n) is 7.45. The number of carbonyl (C=O) groups excluding carboxylic acids is 1. The highest BCUT2D eigenvalue weighted by Gasteiger charge is 2.33. The Morgan fingerprint density at radius 1 is 0.656 bits per heavy atom. The van der Waals surface area contributed by atoms with Gasteiger partial charge in [-0.15, -0.1) is 0 Å². The summed E-state index contributed by atoms with van der Waals surface area (Å²) in [5.41, 5.74) is 4.64. The molecule has 1 amide bonds. The molecule has 1 heterocycles. The fourth-order valence-electron chi connectivity index (χ4n) is 3.73. The fraction of sp³-hybridized carbons (Fsp3) is 0. The maximum Gasteiger partial charge on any atom is 0.282 e. The van der Waals surface area contributed by atoms with Crippen LogP contribution in [0.2, 0.25) is 0 Å². The molecule has 0 bridgehead atoms. The smallest absolute Gasteiger partial charge is 0.282 e. The number of rotatable bonds is 4. The maximum atomic E-state index is 13.4. The molecule has 0 fully saturated rings. The van der Waals surface area contributed by atoms with Gasteiger partial charge < -0.3 is 5.11 Å². The van der Waals surface area contributed by atoms with Gasteiger partial charge in [0.1, 0.15) is 17.3 Å². The minimum Gasteiger partial charge on any atom is -0.506 e. The molecule has 0 aromatic heterocycles. The number of aliphatic imine (C=N–C) groups is 1. The van der Waals surface area contributed by atoms with Gasteiger partial charge in [-0.05, 0) is 34.9 Å². The third-order valence-electron chi connectivity index (χ3n) is 5.34. The van der Waals surface area contributed by atoms with Gasteiger partial charge in [-0.1, -0.05) is 97.1 Å². The van der Waals surface area contributed by atoms with E-state index >= 15 is 0 Å². The van der Waals surface area contributed by atoms with Crippen molar-refractivity contribution in [2.75, 3.05) is 4.90 Å². The molecule has 1 aliphatic rings. The van der Waals surface area contributed by atoms with Gasteiger partial charge in [0.05, 0.1) is 5.69 Å². The average molecular weight is 416 g/mol. The molecule has 1 aliphatic heterocycles. The lowest BCUT2D eigenvalue weighted by atomic mass is 10.0. The van der Waals surface area contributed by atoms with Crippen LogP contribution in [0.15, 0.2) is 120 Å². The van der Waals surface area contributed by atoms with Gasteiger partial charge in [0, 0.05) is 5.56 Å². The van der Waals surface area contributed by atoms with Crippen molar-refractivity contribution in [3.8, 4) is 16.9 Å². The summed E-state index contributed by atoms with van der Waals surface area (Å²) in [6.45, 7) is 0. The number of benzene rings is 4. The van der Waals surface area contributed by atoms with Gasteiger partial charge in [0.15, 0.2) is 0 Å². The van der Waals surface area contributed by atoms with Crippen LogP contribution < -0.4 is 4.90 Å². The number of nitrogens with zero attached hydrogens (tertiary/aromatic N) is 2. The molecule has 0 atom stereocenters. The van der Waals surface area contributed by atoms with Gasteiger partial charge in [-0.3, -0.25) is 9.69 Å². The number of para-hydroxylation sites is 2. The van der Waals surface area contributed by atoms with Crippen molar-refractivity contribution in [3.63, 3.8) is 0 Å². The minimum absolute atomic E-state index is 0.0259. The molecule has 32 heavy (non-hydrogen) atoms. The van der Waals surface area contributed by atoms with E-state index in [9.17, 15) is 9.90 Å². The Kier molecular flexibility index (Phi) is 5.10. The number of phenols is 1. The Morgan fingerprint density at radius 2 is 1.22 bits per heavy atom. The molecule has 4 nitrogen and oxygen atoms in total. The minimum atomic E-state index is -0.280. The zero-order valence-corrected chi connectivity index (χ0v) is 17.2. The molecular weight excluding hydrogens is 396 g/mol. The van der Waals surface area contributed by atoms with Crippen LogP contribution in [0.3, 0.4) is 0 Å². The molecule has 1 N–H and O–H groups in total. The van der Waals surface area contributed by atoms with Crippen LogP contribution in [0.5, 0.6) is 5.75 Å². The lowest BCUT2D eigenvalue weighted by Gasteiger charge is -2.19. The summed E-state index contributed by atoms with van der Waals surface area (Å²) < 4.78 is 0. The largest absolute Gasteiger partial charge is 0.506 e. The molecule has 0 radical (unpaired) electrons. The number of hydrogen-bond acceptors (Lipinski definition) is 3. The van der Waals surface area contributed by atoms with Crippen LogP contribution in [0.25, 0.3) is 17.2 Å². The lowest BCUT2D eigenvalue weighted by Crippen LogP contribution is -2.32. The summed E-state index contributed by atoms with van der Waals surface area (Å²) in [6, 6.07) is 34.5. The lowest BCUT2D eigenvalue weighted by molar-refractivity contribution is -0.113. The molecule has 0 saturated carbocycles. The molecule has 4 aromatic rings. The standard InChI is InChI=1S/C28H20N2O2/c31-26-14-8-7-13-25(26)30-27(23-11-5-2-6-12-23)29-24(28(30)32)19-20-15-17-22(18-16-20)21-9-3-1-4-10-21/h1-19,31H/b24-19-. The maximum absolute atomic E-state index is 13.4. The Bertz CT molecular complexity index is 1320. The fourth-order valence-corrected chi connectivity index (χ4v) is 3.73. The van der Waals surface area contributed by atoms with Crippen molar-refractivity contribution in [2.24, 2.45) is 4.99 Å². The van der Waals surface area contributed by atoms with Crippen LogP contribution in [0, 0.1) is 0 Å². The van der Waals surface area contributed by atoms with E-state index < -0.39 is 0 Å². The third-order valence-corrected chi connectivity index (χ3v) is 5.34. The van der Waals surface area contributed by atoms with Gasteiger partial charge in [-0.2, -0.15) is 0 Å². The van der Waals surface area contributed by atoms with Crippen LogP contribution in [0.4, 0.5) is 5.69 Å². The van der Waals surface area contributed by atoms with Crippen molar-refractivity contribution < 1.29 is 9.90 Å². The number of amides is 1. The zero-order valence-electron chi connectivity index (χ0n) is 17.2. The van der Waals surface area contributed by atoms with E-state index in [-0.39, 0.29) is 11.7 Å². The number of anilines is 1. The molecule has 154 valence electrons. The highest BCUT2D eigenvalue weighted by molar-refractivity contribution is 6.33. The van der Waals surface area contributed by atoms with E-state index in [1.54, 1.807) is 30.3 Å². The molecule has 0 unspecified atom stereocenters. The number of hydrogen-bond donors (Lipinski definition) is 1. The summed E-state index contributed by atoms with van der Waals surface area (Å²) in [5, 5.41) is 10.4. The first-order valence-corrected chi connectivity index (χ1v) is 10.3. The predicted molar refractivity (Wildman–Crippen MR) is 128 cm³/mol. The van der Waals surface area contributed by atoms with Gasteiger partial charge in [-0.25, -0.2) is 4.99 Å². The Hall–Kier alpha value is -4.44. The Morgan fingerprint density at radius 3 is 1.88 bits per heavy atom. The molecule has 4 aromatic carbocycles. The van der Waals surface area contributed by atoms with Crippen LogP contribution in [0.1, 0.15) is 11.1 Å². The topological polar surface area (TPSA) is 52.9 Å². The highest BCUT2D eigenvalue weighted by atomic mass is 16.3. The first-order valence-electron chi connectivity index (χ1n) is 10.3. The summed E-state index contributed by atoms with van der Waals surface area (Å²) in [6.07, 6.45) is 1.78.